The molecule has 0 aliphatic rings. The zero-order valence-electron chi connectivity index (χ0n) is 13.3. The van der Waals surface area contributed by atoms with Gasteiger partial charge < -0.3 is 10.6 Å². The number of anilines is 2. The van der Waals surface area contributed by atoms with Gasteiger partial charge in [0.05, 0.1) is 0 Å². The lowest BCUT2D eigenvalue weighted by Gasteiger charge is -2.16. The Bertz CT molecular complexity index is 576. The maximum absolute atomic E-state index is 4.40. The highest BCUT2D eigenvalue weighted by atomic mass is 15.1. The fourth-order valence-electron chi connectivity index (χ4n) is 2.36. The van der Waals surface area contributed by atoms with Gasteiger partial charge in [0.15, 0.2) is 0 Å². The van der Waals surface area contributed by atoms with E-state index in [1.165, 1.54) is 11.1 Å². The van der Waals surface area contributed by atoms with E-state index in [2.05, 4.69) is 65.6 Å². The number of nitrogens with one attached hydrogen (secondary N) is 2. The number of benzene rings is 1. The lowest BCUT2D eigenvalue weighted by molar-refractivity contribution is 0.846. The molecule has 1 heterocycles. The summed E-state index contributed by atoms with van der Waals surface area (Å²) in [6, 6.07) is 8.70. The summed E-state index contributed by atoms with van der Waals surface area (Å²) in [5, 5.41) is 6.57. The van der Waals surface area contributed by atoms with Crippen molar-refractivity contribution in [2.45, 2.75) is 39.7 Å². The topological polar surface area (TPSA) is 49.8 Å². The van der Waals surface area contributed by atoms with E-state index in [1.807, 2.05) is 7.05 Å². The molecule has 0 unspecified atom stereocenters. The van der Waals surface area contributed by atoms with Crippen LogP contribution >= 0.6 is 0 Å². The third-order valence-corrected chi connectivity index (χ3v) is 3.59. The van der Waals surface area contributed by atoms with E-state index >= 15 is 0 Å². The molecule has 0 bridgehead atoms. The van der Waals surface area contributed by atoms with Gasteiger partial charge in [0.25, 0.3) is 0 Å². The van der Waals surface area contributed by atoms with Gasteiger partial charge in [-0.2, -0.15) is 0 Å². The quantitative estimate of drug-likeness (QED) is 0.846. The van der Waals surface area contributed by atoms with Crippen LogP contribution in [0.4, 0.5) is 11.6 Å². The van der Waals surface area contributed by atoms with Gasteiger partial charge in [-0.15, -0.1) is 0 Å². The van der Waals surface area contributed by atoms with Crippen LogP contribution in [0.3, 0.4) is 0 Å². The van der Waals surface area contributed by atoms with E-state index in [4.69, 9.17) is 0 Å². The minimum absolute atomic E-state index is 0.360. The minimum atomic E-state index is 0.360. The summed E-state index contributed by atoms with van der Waals surface area (Å²) in [4.78, 5) is 8.69. The molecular formula is C17H24N4. The van der Waals surface area contributed by atoms with E-state index in [0.717, 1.165) is 30.2 Å². The summed E-state index contributed by atoms with van der Waals surface area (Å²) >= 11 is 0. The smallest absolute Gasteiger partial charge is 0.135 e. The van der Waals surface area contributed by atoms with Crippen LogP contribution in [0.2, 0.25) is 0 Å². The monoisotopic (exact) mass is 284 g/mol. The Morgan fingerprint density at radius 2 is 1.62 bits per heavy atom. The second-order valence-corrected chi connectivity index (χ2v) is 5.41. The number of rotatable bonds is 6. The SMILES string of the molecule is CCc1ccc(CNc2ncnc(NC)c2C(C)C)cc1. The van der Waals surface area contributed by atoms with Crippen LogP contribution in [0, 0.1) is 0 Å². The molecule has 1 aromatic carbocycles. The van der Waals surface area contributed by atoms with E-state index in [9.17, 15) is 0 Å². The van der Waals surface area contributed by atoms with Crippen LogP contribution in [0.5, 0.6) is 0 Å². The fraction of sp³-hybridized carbons (Fsp3) is 0.412. The van der Waals surface area contributed by atoms with Crippen molar-refractivity contribution in [3.8, 4) is 0 Å². The number of hydrogen-bond acceptors (Lipinski definition) is 4. The Morgan fingerprint density at radius 3 is 2.19 bits per heavy atom. The van der Waals surface area contributed by atoms with Crippen LogP contribution < -0.4 is 10.6 Å². The molecule has 2 aromatic rings. The van der Waals surface area contributed by atoms with Gasteiger partial charge in [-0.05, 0) is 23.5 Å². The standard InChI is InChI=1S/C17H24N4/c1-5-13-6-8-14(9-7-13)10-19-17-15(12(2)3)16(18-4)20-11-21-17/h6-9,11-12H,5,10H2,1-4H3,(H2,18,19,20,21). The zero-order chi connectivity index (χ0) is 15.2. The van der Waals surface area contributed by atoms with Gasteiger partial charge in [0.2, 0.25) is 0 Å². The number of aromatic nitrogens is 2. The largest absolute Gasteiger partial charge is 0.373 e. The molecule has 0 aliphatic heterocycles. The predicted octanol–water partition coefficient (Wildman–Crippen LogP) is 3.82. The van der Waals surface area contributed by atoms with Crippen molar-refractivity contribution >= 4 is 11.6 Å². The second kappa shape index (κ2) is 7.07. The first-order valence-corrected chi connectivity index (χ1v) is 7.50. The van der Waals surface area contributed by atoms with Crippen molar-refractivity contribution < 1.29 is 0 Å². The third kappa shape index (κ3) is 3.72. The minimum Gasteiger partial charge on any atom is -0.373 e. The normalized spacial score (nSPS) is 10.7. The first kappa shape index (κ1) is 15.3. The summed E-state index contributed by atoms with van der Waals surface area (Å²) in [6.45, 7) is 7.24. The molecular weight excluding hydrogens is 260 g/mol. The fourth-order valence-corrected chi connectivity index (χ4v) is 2.36. The maximum Gasteiger partial charge on any atom is 0.135 e. The molecule has 4 heteroatoms. The summed E-state index contributed by atoms with van der Waals surface area (Å²) in [5.41, 5.74) is 3.75. The lowest BCUT2D eigenvalue weighted by atomic mass is 10.0. The average molecular weight is 284 g/mol. The van der Waals surface area contributed by atoms with Crippen LogP contribution in [0.1, 0.15) is 43.4 Å². The molecule has 21 heavy (non-hydrogen) atoms. The average Bonchev–Trinajstić information content (AvgIpc) is 2.52. The summed E-state index contributed by atoms with van der Waals surface area (Å²) in [5.74, 6) is 2.16. The summed E-state index contributed by atoms with van der Waals surface area (Å²) in [7, 11) is 1.89. The molecule has 0 radical (unpaired) electrons. The van der Waals surface area contributed by atoms with Gasteiger partial charge in [-0.25, -0.2) is 9.97 Å². The molecule has 0 saturated carbocycles. The van der Waals surface area contributed by atoms with Crippen molar-refractivity contribution in [1.82, 2.24) is 9.97 Å². The molecule has 0 saturated heterocycles. The van der Waals surface area contributed by atoms with E-state index in [1.54, 1.807) is 6.33 Å². The molecule has 0 aliphatic carbocycles. The van der Waals surface area contributed by atoms with Crippen LogP contribution in [0.15, 0.2) is 30.6 Å². The van der Waals surface area contributed by atoms with Crippen molar-refractivity contribution in [2.24, 2.45) is 0 Å². The Labute approximate surface area is 127 Å². The van der Waals surface area contributed by atoms with Crippen LogP contribution in [-0.4, -0.2) is 17.0 Å². The molecule has 4 nitrogen and oxygen atoms in total. The van der Waals surface area contributed by atoms with Gasteiger partial charge in [0, 0.05) is 19.2 Å². The highest BCUT2D eigenvalue weighted by molar-refractivity contribution is 5.58. The molecule has 2 N–H and O–H groups in total. The van der Waals surface area contributed by atoms with Gasteiger partial charge in [-0.1, -0.05) is 45.0 Å². The number of nitrogens with zero attached hydrogens (tertiary/aromatic N) is 2. The number of aryl methyl sites for hydroxylation is 1. The van der Waals surface area contributed by atoms with E-state index < -0.39 is 0 Å². The van der Waals surface area contributed by atoms with Crippen LogP contribution in [-0.2, 0) is 13.0 Å². The Morgan fingerprint density at radius 1 is 1.00 bits per heavy atom. The molecule has 0 fully saturated rings. The molecule has 0 spiro atoms. The zero-order valence-corrected chi connectivity index (χ0v) is 13.3. The van der Waals surface area contributed by atoms with Crippen molar-refractivity contribution in [1.29, 1.82) is 0 Å². The van der Waals surface area contributed by atoms with Crippen LogP contribution in [0.25, 0.3) is 0 Å². The highest BCUT2D eigenvalue weighted by Gasteiger charge is 2.13. The molecule has 112 valence electrons. The Balaban J connectivity index is 2.15. The third-order valence-electron chi connectivity index (χ3n) is 3.59. The lowest BCUT2D eigenvalue weighted by Crippen LogP contribution is -2.09. The first-order chi connectivity index (χ1) is 10.2. The summed E-state index contributed by atoms with van der Waals surface area (Å²) in [6.07, 6.45) is 2.67. The maximum atomic E-state index is 4.40. The predicted molar refractivity (Wildman–Crippen MR) is 88.8 cm³/mol. The van der Waals surface area contributed by atoms with Crippen molar-refractivity contribution in [3.63, 3.8) is 0 Å². The molecule has 2 rings (SSSR count). The van der Waals surface area contributed by atoms with E-state index in [-0.39, 0.29) is 0 Å². The molecule has 0 amide bonds. The van der Waals surface area contributed by atoms with Gasteiger partial charge in [-0.3, -0.25) is 0 Å². The number of hydrogen-bond donors (Lipinski definition) is 2. The van der Waals surface area contributed by atoms with Crippen molar-refractivity contribution in [2.75, 3.05) is 17.7 Å². The summed E-state index contributed by atoms with van der Waals surface area (Å²) < 4.78 is 0. The van der Waals surface area contributed by atoms with Crippen molar-refractivity contribution in [3.05, 3.63) is 47.3 Å². The molecule has 1 aromatic heterocycles. The van der Waals surface area contributed by atoms with Gasteiger partial charge in [0.1, 0.15) is 18.0 Å². The van der Waals surface area contributed by atoms with E-state index in [0.29, 0.717) is 5.92 Å². The van der Waals surface area contributed by atoms with Gasteiger partial charge >= 0.3 is 0 Å². The Hall–Kier alpha value is -2.10. The molecule has 0 atom stereocenters. The first-order valence-electron chi connectivity index (χ1n) is 7.50. The Kier molecular flexibility index (Phi) is 5.14. The second-order valence-electron chi connectivity index (χ2n) is 5.41. The highest BCUT2D eigenvalue weighted by Crippen LogP contribution is 2.28.